The molecule has 5 rings (SSSR count). The number of aromatic nitrogens is 1. The minimum Gasteiger partial charge on any atom is -0.507 e. The second-order valence-electron chi connectivity index (χ2n) is 8.37. The van der Waals surface area contributed by atoms with E-state index < -0.39 is 17.7 Å². The van der Waals surface area contributed by atoms with Gasteiger partial charge in [-0.2, -0.15) is 0 Å². The van der Waals surface area contributed by atoms with Crippen LogP contribution in [0.5, 0.6) is 5.75 Å². The van der Waals surface area contributed by atoms with Crippen LogP contribution in [0.2, 0.25) is 0 Å². The smallest absolute Gasteiger partial charge is 0.301 e. The number of hydrogen-bond acceptors (Lipinski definition) is 6. The van der Waals surface area contributed by atoms with Crippen LogP contribution < -0.4 is 9.64 Å². The molecule has 1 fully saturated rings. The molecule has 1 aromatic heterocycles. The average molecular weight is 549 g/mol. The van der Waals surface area contributed by atoms with Crippen molar-refractivity contribution in [1.29, 1.82) is 0 Å². The molecular weight excluding hydrogens is 528 g/mol. The summed E-state index contributed by atoms with van der Waals surface area (Å²) < 4.78 is 6.99. The second kappa shape index (κ2) is 8.94. The van der Waals surface area contributed by atoms with Crippen LogP contribution in [-0.2, 0) is 9.59 Å². The number of ketones is 1. The molecule has 0 aliphatic carbocycles. The van der Waals surface area contributed by atoms with Crippen LogP contribution in [0.4, 0.5) is 5.13 Å². The molecule has 1 amide bonds. The van der Waals surface area contributed by atoms with Gasteiger partial charge in [0.2, 0.25) is 0 Å². The zero-order chi connectivity index (χ0) is 24.9. The second-order valence-corrected chi connectivity index (χ2v) is 10.3. The van der Waals surface area contributed by atoms with Gasteiger partial charge in [0.15, 0.2) is 5.13 Å². The molecule has 1 N–H and O–H groups in total. The van der Waals surface area contributed by atoms with Crippen molar-refractivity contribution < 1.29 is 19.4 Å². The number of Topliss-reactive ketones (excluding diaryl/α,β-unsaturated/α-hetero) is 1. The van der Waals surface area contributed by atoms with Gasteiger partial charge in [-0.1, -0.05) is 45.5 Å². The number of amides is 1. The Morgan fingerprint density at radius 2 is 1.74 bits per heavy atom. The van der Waals surface area contributed by atoms with Crippen molar-refractivity contribution >= 4 is 60.1 Å². The van der Waals surface area contributed by atoms with E-state index in [2.05, 4.69) is 15.9 Å². The van der Waals surface area contributed by atoms with Crippen molar-refractivity contribution in [3.63, 3.8) is 0 Å². The van der Waals surface area contributed by atoms with Crippen LogP contribution in [0.15, 0.2) is 70.7 Å². The first-order chi connectivity index (χ1) is 16.8. The van der Waals surface area contributed by atoms with Gasteiger partial charge in [0, 0.05) is 10.0 Å². The SMILES string of the molecule is COc1ccc(C(O)=C2C(=O)C(=O)N(c3nc4c(C)cc(C)cc4s3)[C@H]2c2ccc(Br)cc2)cc1. The van der Waals surface area contributed by atoms with E-state index >= 15 is 0 Å². The molecule has 0 radical (unpaired) electrons. The molecule has 0 saturated carbocycles. The summed E-state index contributed by atoms with van der Waals surface area (Å²) in [7, 11) is 1.55. The zero-order valence-electron chi connectivity index (χ0n) is 19.2. The predicted octanol–water partition coefficient (Wildman–Crippen LogP) is 6.31. The Balaban J connectivity index is 1.72. The fourth-order valence-electron chi connectivity index (χ4n) is 4.36. The van der Waals surface area contributed by atoms with E-state index in [1.54, 1.807) is 31.4 Å². The number of methoxy groups -OCH3 is 1. The first-order valence-electron chi connectivity index (χ1n) is 10.9. The molecule has 35 heavy (non-hydrogen) atoms. The van der Waals surface area contributed by atoms with Crippen molar-refractivity contribution in [1.82, 2.24) is 4.98 Å². The molecule has 176 valence electrons. The Labute approximate surface area is 214 Å². The number of aliphatic hydroxyl groups excluding tert-OH is 1. The molecule has 1 aliphatic rings. The van der Waals surface area contributed by atoms with Crippen molar-refractivity contribution in [3.8, 4) is 5.75 Å². The first-order valence-corrected chi connectivity index (χ1v) is 12.5. The van der Waals surface area contributed by atoms with Gasteiger partial charge in [-0.3, -0.25) is 14.5 Å². The number of carbonyl (C=O) groups is 2. The summed E-state index contributed by atoms with van der Waals surface area (Å²) in [5.41, 5.74) is 4.02. The third-order valence-electron chi connectivity index (χ3n) is 6.02. The predicted molar refractivity (Wildman–Crippen MR) is 141 cm³/mol. The van der Waals surface area contributed by atoms with E-state index in [0.29, 0.717) is 22.0 Å². The number of thiazole rings is 1. The van der Waals surface area contributed by atoms with Gasteiger partial charge >= 0.3 is 5.91 Å². The number of halogens is 1. The lowest BCUT2D eigenvalue weighted by Gasteiger charge is -2.23. The van der Waals surface area contributed by atoms with Gasteiger partial charge in [0.25, 0.3) is 5.78 Å². The van der Waals surface area contributed by atoms with E-state index in [9.17, 15) is 14.7 Å². The number of nitrogens with zero attached hydrogens (tertiary/aromatic N) is 2. The number of carbonyl (C=O) groups excluding carboxylic acids is 2. The highest BCUT2D eigenvalue weighted by Crippen LogP contribution is 2.45. The molecule has 0 bridgehead atoms. The van der Waals surface area contributed by atoms with E-state index in [-0.39, 0.29) is 11.3 Å². The number of rotatable bonds is 4. The Morgan fingerprint density at radius 1 is 1.06 bits per heavy atom. The molecular formula is C27H21BrN2O4S. The zero-order valence-corrected chi connectivity index (χ0v) is 21.6. The Morgan fingerprint density at radius 3 is 2.40 bits per heavy atom. The highest BCUT2D eigenvalue weighted by Gasteiger charge is 2.48. The molecule has 1 atom stereocenters. The number of aliphatic hydroxyl groups is 1. The number of fused-ring (bicyclic) bond motifs is 1. The van der Waals surface area contributed by atoms with Crippen LogP contribution >= 0.6 is 27.3 Å². The number of ether oxygens (including phenoxy) is 1. The Bertz CT molecular complexity index is 1510. The summed E-state index contributed by atoms with van der Waals surface area (Å²) in [5, 5.41) is 11.7. The van der Waals surface area contributed by atoms with Crippen molar-refractivity contribution in [2.24, 2.45) is 0 Å². The van der Waals surface area contributed by atoms with Crippen LogP contribution in [-0.4, -0.2) is 28.9 Å². The lowest BCUT2D eigenvalue weighted by Crippen LogP contribution is -2.29. The molecule has 0 spiro atoms. The molecule has 3 aromatic carbocycles. The Hall–Kier alpha value is -3.49. The summed E-state index contributed by atoms with van der Waals surface area (Å²) in [6.07, 6.45) is 0. The lowest BCUT2D eigenvalue weighted by molar-refractivity contribution is -0.132. The van der Waals surface area contributed by atoms with E-state index in [4.69, 9.17) is 9.72 Å². The normalized spacial score (nSPS) is 17.4. The van der Waals surface area contributed by atoms with E-state index in [1.165, 1.54) is 16.2 Å². The van der Waals surface area contributed by atoms with E-state index in [1.807, 2.05) is 50.2 Å². The van der Waals surface area contributed by atoms with Gasteiger partial charge < -0.3 is 9.84 Å². The highest BCUT2D eigenvalue weighted by atomic mass is 79.9. The number of aryl methyl sites for hydroxylation is 2. The molecule has 1 aliphatic heterocycles. The monoisotopic (exact) mass is 548 g/mol. The van der Waals surface area contributed by atoms with Crippen LogP contribution in [0.1, 0.15) is 28.3 Å². The number of anilines is 1. The maximum atomic E-state index is 13.4. The van der Waals surface area contributed by atoms with Crippen LogP contribution in [0.3, 0.4) is 0 Å². The first kappa shape index (κ1) is 23.3. The molecule has 2 heterocycles. The molecule has 1 saturated heterocycles. The van der Waals surface area contributed by atoms with Gasteiger partial charge in [-0.05, 0) is 73.0 Å². The molecule has 0 unspecified atom stereocenters. The van der Waals surface area contributed by atoms with Crippen molar-refractivity contribution in [2.75, 3.05) is 12.0 Å². The standard InChI is InChI=1S/C27H21BrN2O4S/c1-14-12-15(2)22-20(13-14)35-27(29-22)30-23(16-4-8-18(28)9-5-16)21(25(32)26(30)33)24(31)17-6-10-19(34-3)11-7-17/h4-13,23,31H,1-3H3/t23-/m0/s1. The summed E-state index contributed by atoms with van der Waals surface area (Å²) in [6.45, 7) is 3.98. The summed E-state index contributed by atoms with van der Waals surface area (Å²) in [5.74, 6) is -1.10. The fourth-order valence-corrected chi connectivity index (χ4v) is 5.79. The minimum atomic E-state index is -0.827. The minimum absolute atomic E-state index is 0.0228. The maximum absolute atomic E-state index is 13.4. The quantitative estimate of drug-likeness (QED) is 0.183. The van der Waals surface area contributed by atoms with Gasteiger partial charge in [0.05, 0.1) is 28.9 Å². The number of benzene rings is 3. The van der Waals surface area contributed by atoms with E-state index in [0.717, 1.165) is 25.8 Å². The van der Waals surface area contributed by atoms with Crippen molar-refractivity contribution in [2.45, 2.75) is 19.9 Å². The van der Waals surface area contributed by atoms with Crippen LogP contribution in [0, 0.1) is 13.8 Å². The molecule has 6 nitrogen and oxygen atoms in total. The average Bonchev–Trinajstić information content (AvgIpc) is 3.38. The molecule has 4 aromatic rings. The fraction of sp³-hybridized carbons (Fsp3) is 0.148. The van der Waals surface area contributed by atoms with Crippen molar-refractivity contribution in [3.05, 3.63) is 93.0 Å². The van der Waals surface area contributed by atoms with Crippen LogP contribution in [0.25, 0.3) is 16.0 Å². The third kappa shape index (κ3) is 4.02. The third-order valence-corrected chi connectivity index (χ3v) is 7.55. The van der Waals surface area contributed by atoms with Gasteiger partial charge in [0.1, 0.15) is 11.5 Å². The summed E-state index contributed by atoms with van der Waals surface area (Å²) >= 11 is 4.80. The lowest BCUT2D eigenvalue weighted by atomic mass is 9.95. The summed E-state index contributed by atoms with van der Waals surface area (Å²) in [4.78, 5) is 32.9. The Kier molecular flexibility index (Phi) is 5.94. The number of hydrogen-bond donors (Lipinski definition) is 1. The summed E-state index contributed by atoms with van der Waals surface area (Å²) in [6, 6.07) is 17.3. The highest BCUT2D eigenvalue weighted by molar-refractivity contribution is 9.10. The topological polar surface area (TPSA) is 79.7 Å². The maximum Gasteiger partial charge on any atom is 0.301 e. The van der Waals surface area contributed by atoms with Gasteiger partial charge in [-0.25, -0.2) is 4.98 Å². The van der Waals surface area contributed by atoms with Gasteiger partial charge in [-0.15, -0.1) is 0 Å². The molecule has 8 heteroatoms. The largest absolute Gasteiger partial charge is 0.507 e.